The molecule has 2 rings (SSSR count). The lowest BCUT2D eigenvalue weighted by Gasteiger charge is -2.31. The molecule has 0 aromatic heterocycles. The van der Waals surface area contributed by atoms with Gasteiger partial charge in [-0.2, -0.15) is 0 Å². The second kappa shape index (κ2) is 3.44. The first-order valence-electron chi connectivity index (χ1n) is 4.79. The molecule has 14 heavy (non-hydrogen) atoms. The molecule has 0 aromatic carbocycles. The smallest absolute Gasteiger partial charge is 0.173 e. The number of carbonyl (C=O) groups is 1. The van der Waals surface area contributed by atoms with E-state index in [1.54, 1.807) is 0 Å². The first-order chi connectivity index (χ1) is 6.63. The Balaban J connectivity index is 2.21. The van der Waals surface area contributed by atoms with Gasteiger partial charge in [-0.3, -0.25) is 4.79 Å². The first-order valence-corrected chi connectivity index (χ1v) is 4.79. The molecular formula is C10H13FO3. The molecule has 0 atom stereocenters. The van der Waals surface area contributed by atoms with E-state index in [1.807, 2.05) is 0 Å². The highest BCUT2D eigenvalue weighted by molar-refractivity contribution is 5.96. The molecule has 0 aromatic rings. The number of Topliss-reactive ketones (excluding diaryl/α,β-unsaturated/α-hetero) is 1. The number of carbonyl (C=O) groups excluding carboxylic acids is 1. The van der Waals surface area contributed by atoms with Crippen LogP contribution in [0.3, 0.4) is 0 Å². The van der Waals surface area contributed by atoms with Gasteiger partial charge in [0.2, 0.25) is 0 Å². The standard InChI is InChI=1S/C10H13FO3/c1-7(11)8-6-10(3-2-9(8)12)13-4-5-14-10/h2-6H2,1H3/b8-7-. The molecule has 0 amide bonds. The van der Waals surface area contributed by atoms with Crippen molar-refractivity contribution in [3.8, 4) is 0 Å². The van der Waals surface area contributed by atoms with Crippen molar-refractivity contribution in [1.29, 1.82) is 0 Å². The molecule has 1 saturated heterocycles. The van der Waals surface area contributed by atoms with Crippen molar-refractivity contribution >= 4 is 5.78 Å². The minimum atomic E-state index is -0.712. The summed E-state index contributed by atoms with van der Waals surface area (Å²) in [7, 11) is 0. The molecule has 0 N–H and O–H groups in total. The number of ketones is 1. The lowest BCUT2D eigenvalue weighted by Crippen LogP contribution is -2.37. The summed E-state index contributed by atoms with van der Waals surface area (Å²) in [6.45, 7) is 2.38. The van der Waals surface area contributed by atoms with Crippen LogP contribution in [0.4, 0.5) is 4.39 Å². The summed E-state index contributed by atoms with van der Waals surface area (Å²) in [6.07, 6.45) is 1.12. The number of hydrogen-bond donors (Lipinski definition) is 0. The quantitative estimate of drug-likeness (QED) is 0.558. The summed E-state index contributed by atoms with van der Waals surface area (Å²) < 4.78 is 23.9. The predicted octanol–water partition coefficient (Wildman–Crippen LogP) is 1.73. The fourth-order valence-electron chi connectivity index (χ4n) is 1.97. The Morgan fingerprint density at radius 1 is 1.43 bits per heavy atom. The summed E-state index contributed by atoms with van der Waals surface area (Å²) >= 11 is 0. The van der Waals surface area contributed by atoms with E-state index in [0.717, 1.165) is 0 Å². The van der Waals surface area contributed by atoms with E-state index in [0.29, 0.717) is 26.1 Å². The van der Waals surface area contributed by atoms with Crippen molar-refractivity contribution in [2.45, 2.75) is 32.0 Å². The van der Waals surface area contributed by atoms with Gasteiger partial charge in [0.15, 0.2) is 11.6 Å². The molecule has 1 aliphatic carbocycles. The Morgan fingerprint density at radius 3 is 2.64 bits per heavy atom. The van der Waals surface area contributed by atoms with E-state index in [1.165, 1.54) is 6.92 Å². The van der Waals surface area contributed by atoms with Crippen molar-refractivity contribution in [3.05, 3.63) is 11.4 Å². The van der Waals surface area contributed by atoms with Gasteiger partial charge in [0.25, 0.3) is 0 Å². The zero-order valence-corrected chi connectivity index (χ0v) is 8.14. The van der Waals surface area contributed by atoms with Gasteiger partial charge in [0.05, 0.1) is 13.2 Å². The first kappa shape index (κ1) is 9.80. The molecule has 2 aliphatic rings. The van der Waals surface area contributed by atoms with Crippen LogP contribution in [0.15, 0.2) is 11.4 Å². The molecule has 3 nitrogen and oxygen atoms in total. The Morgan fingerprint density at radius 2 is 2.07 bits per heavy atom. The largest absolute Gasteiger partial charge is 0.347 e. The second-order valence-corrected chi connectivity index (χ2v) is 3.72. The van der Waals surface area contributed by atoms with Crippen LogP contribution in [0.1, 0.15) is 26.2 Å². The van der Waals surface area contributed by atoms with Crippen LogP contribution < -0.4 is 0 Å². The molecule has 0 bridgehead atoms. The van der Waals surface area contributed by atoms with Crippen LogP contribution in [0.5, 0.6) is 0 Å². The summed E-state index contributed by atoms with van der Waals surface area (Å²) in [5.74, 6) is -1.24. The van der Waals surface area contributed by atoms with Gasteiger partial charge in [-0.1, -0.05) is 0 Å². The van der Waals surface area contributed by atoms with Gasteiger partial charge in [-0.05, 0) is 6.92 Å². The topological polar surface area (TPSA) is 35.5 Å². The van der Waals surface area contributed by atoms with Crippen molar-refractivity contribution in [3.63, 3.8) is 0 Å². The summed E-state index contributed by atoms with van der Waals surface area (Å²) in [5.41, 5.74) is 0.234. The third-order valence-corrected chi connectivity index (χ3v) is 2.75. The van der Waals surface area contributed by atoms with Crippen molar-refractivity contribution in [2.24, 2.45) is 0 Å². The van der Waals surface area contributed by atoms with Gasteiger partial charge >= 0.3 is 0 Å². The Bertz CT molecular complexity index is 286. The zero-order chi connectivity index (χ0) is 10.2. The van der Waals surface area contributed by atoms with Crippen LogP contribution in [-0.4, -0.2) is 24.8 Å². The maximum atomic E-state index is 13.0. The molecule has 78 valence electrons. The van der Waals surface area contributed by atoms with Crippen LogP contribution in [-0.2, 0) is 14.3 Å². The van der Waals surface area contributed by atoms with E-state index >= 15 is 0 Å². The van der Waals surface area contributed by atoms with Crippen LogP contribution >= 0.6 is 0 Å². The van der Waals surface area contributed by atoms with Crippen LogP contribution in [0.25, 0.3) is 0 Å². The number of ether oxygens (including phenoxy) is 2. The fourth-order valence-corrected chi connectivity index (χ4v) is 1.97. The van der Waals surface area contributed by atoms with Crippen molar-refractivity contribution in [1.82, 2.24) is 0 Å². The molecular weight excluding hydrogens is 187 g/mol. The van der Waals surface area contributed by atoms with E-state index in [4.69, 9.17) is 9.47 Å². The molecule has 0 radical (unpaired) electrons. The van der Waals surface area contributed by atoms with Gasteiger partial charge in [0.1, 0.15) is 5.83 Å². The third-order valence-electron chi connectivity index (χ3n) is 2.75. The van der Waals surface area contributed by atoms with Crippen molar-refractivity contribution in [2.75, 3.05) is 13.2 Å². The highest BCUT2D eigenvalue weighted by Crippen LogP contribution is 2.37. The van der Waals surface area contributed by atoms with E-state index < -0.39 is 11.6 Å². The van der Waals surface area contributed by atoms with Crippen molar-refractivity contribution < 1.29 is 18.7 Å². The minimum Gasteiger partial charge on any atom is -0.347 e. The summed E-state index contributed by atoms with van der Waals surface area (Å²) in [4.78, 5) is 11.4. The van der Waals surface area contributed by atoms with Gasteiger partial charge < -0.3 is 9.47 Å². The normalized spacial score (nSPS) is 29.7. The number of allylic oxidation sites excluding steroid dienone is 1. The third kappa shape index (κ3) is 1.60. The molecule has 1 heterocycles. The second-order valence-electron chi connectivity index (χ2n) is 3.72. The number of hydrogen-bond acceptors (Lipinski definition) is 3. The fraction of sp³-hybridized carbons (Fsp3) is 0.700. The Labute approximate surface area is 81.9 Å². The molecule has 1 spiro atoms. The molecule has 1 saturated carbocycles. The highest BCUT2D eigenvalue weighted by atomic mass is 19.1. The monoisotopic (exact) mass is 200 g/mol. The Hall–Kier alpha value is -0.740. The van der Waals surface area contributed by atoms with E-state index in [2.05, 4.69) is 0 Å². The zero-order valence-electron chi connectivity index (χ0n) is 8.14. The highest BCUT2D eigenvalue weighted by Gasteiger charge is 2.42. The van der Waals surface area contributed by atoms with E-state index in [-0.39, 0.29) is 17.8 Å². The van der Waals surface area contributed by atoms with Crippen LogP contribution in [0.2, 0.25) is 0 Å². The molecule has 1 aliphatic heterocycles. The lowest BCUT2D eigenvalue weighted by atomic mass is 9.88. The van der Waals surface area contributed by atoms with Crippen LogP contribution in [0, 0.1) is 0 Å². The predicted molar refractivity (Wildman–Crippen MR) is 47.3 cm³/mol. The molecule has 4 heteroatoms. The maximum absolute atomic E-state index is 13.0. The average molecular weight is 200 g/mol. The summed E-state index contributed by atoms with van der Waals surface area (Å²) in [5, 5.41) is 0. The summed E-state index contributed by atoms with van der Waals surface area (Å²) in [6, 6.07) is 0. The van der Waals surface area contributed by atoms with Gasteiger partial charge in [-0.15, -0.1) is 0 Å². The number of halogens is 1. The SMILES string of the molecule is C/C(F)=C1\CC2(CCC1=O)OCCO2. The lowest BCUT2D eigenvalue weighted by molar-refractivity contribution is -0.171. The Kier molecular flexibility index (Phi) is 2.41. The minimum absolute atomic E-state index is 0.116. The maximum Gasteiger partial charge on any atom is 0.173 e. The molecule has 0 unspecified atom stereocenters. The van der Waals surface area contributed by atoms with E-state index in [9.17, 15) is 9.18 Å². The number of rotatable bonds is 0. The van der Waals surface area contributed by atoms with Gasteiger partial charge in [0, 0.05) is 24.8 Å². The van der Waals surface area contributed by atoms with Gasteiger partial charge in [-0.25, -0.2) is 4.39 Å². The average Bonchev–Trinajstić information content (AvgIpc) is 2.58. The molecule has 2 fully saturated rings.